The molecule has 1 aliphatic rings. The molecule has 0 aliphatic carbocycles. The average molecular weight is 390 g/mol. The normalized spacial score (nSPS) is 13.7. The molecule has 0 aromatic heterocycles. The number of nitrogens with zero attached hydrogens (tertiary/aromatic N) is 1. The minimum Gasteiger partial charge on any atom is -0.352 e. The SMILES string of the molecule is CC(C)CCNC(=O)c1cc(S(=O)(=O)N2CCc3ccccc32)ccc1F. The van der Waals surface area contributed by atoms with Gasteiger partial charge in [0.15, 0.2) is 0 Å². The fourth-order valence-corrected chi connectivity index (χ4v) is 4.62. The van der Waals surface area contributed by atoms with Crippen LogP contribution in [0.15, 0.2) is 47.4 Å². The van der Waals surface area contributed by atoms with Crippen molar-refractivity contribution in [2.75, 3.05) is 17.4 Å². The molecule has 0 radical (unpaired) electrons. The third kappa shape index (κ3) is 3.98. The number of carbonyl (C=O) groups excluding carboxylic acids is 1. The Labute approximate surface area is 159 Å². The van der Waals surface area contributed by atoms with Crippen LogP contribution in [-0.2, 0) is 16.4 Å². The van der Waals surface area contributed by atoms with Gasteiger partial charge in [0, 0.05) is 13.1 Å². The van der Waals surface area contributed by atoms with Gasteiger partial charge in [-0.3, -0.25) is 9.10 Å². The van der Waals surface area contributed by atoms with Crippen LogP contribution in [0, 0.1) is 11.7 Å². The third-order valence-electron chi connectivity index (χ3n) is 4.62. The Hall–Kier alpha value is -2.41. The molecule has 0 bridgehead atoms. The summed E-state index contributed by atoms with van der Waals surface area (Å²) in [6, 6.07) is 10.7. The van der Waals surface area contributed by atoms with Crippen molar-refractivity contribution in [3.05, 3.63) is 59.4 Å². The lowest BCUT2D eigenvalue weighted by Crippen LogP contribution is -2.30. The van der Waals surface area contributed by atoms with E-state index in [0.29, 0.717) is 31.1 Å². The van der Waals surface area contributed by atoms with Crippen molar-refractivity contribution >= 4 is 21.6 Å². The number of sulfonamides is 1. The second-order valence-electron chi connectivity index (χ2n) is 7.04. The summed E-state index contributed by atoms with van der Waals surface area (Å²) in [5, 5.41) is 2.65. The Balaban J connectivity index is 1.88. The van der Waals surface area contributed by atoms with Crippen LogP contribution in [0.5, 0.6) is 0 Å². The molecule has 7 heteroatoms. The summed E-state index contributed by atoms with van der Waals surface area (Å²) < 4.78 is 41.6. The summed E-state index contributed by atoms with van der Waals surface area (Å²) in [6.07, 6.45) is 1.38. The zero-order valence-corrected chi connectivity index (χ0v) is 16.2. The predicted octanol–water partition coefficient (Wildman–Crippen LogP) is 3.35. The van der Waals surface area contributed by atoms with Crippen LogP contribution in [0.3, 0.4) is 0 Å². The van der Waals surface area contributed by atoms with E-state index < -0.39 is 21.7 Å². The second kappa shape index (κ2) is 7.68. The lowest BCUT2D eigenvalue weighted by Gasteiger charge is -2.20. The molecule has 144 valence electrons. The van der Waals surface area contributed by atoms with Gasteiger partial charge in [0.1, 0.15) is 5.82 Å². The van der Waals surface area contributed by atoms with Crippen molar-refractivity contribution in [2.45, 2.75) is 31.6 Å². The Bertz CT molecular complexity index is 957. The summed E-state index contributed by atoms with van der Waals surface area (Å²) in [6.45, 7) is 4.78. The first-order valence-corrected chi connectivity index (χ1v) is 10.4. The van der Waals surface area contributed by atoms with Gasteiger partial charge in [0.05, 0.1) is 16.1 Å². The molecule has 0 spiro atoms. The van der Waals surface area contributed by atoms with E-state index in [1.165, 1.54) is 10.4 Å². The van der Waals surface area contributed by atoms with E-state index in [1.807, 2.05) is 26.0 Å². The third-order valence-corrected chi connectivity index (χ3v) is 6.43. The number of nitrogens with one attached hydrogen (secondary N) is 1. The Morgan fingerprint density at radius 1 is 1.22 bits per heavy atom. The van der Waals surface area contributed by atoms with Crippen LogP contribution in [-0.4, -0.2) is 27.4 Å². The number of halogens is 1. The van der Waals surface area contributed by atoms with Crippen molar-refractivity contribution in [1.29, 1.82) is 0 Å². The zero-order valence-electron chi connectivity index (χ0n) is 15.4. The van der Waals surface area contributed by atoms with Gasteiger partial charge in [0.25, 0.3) is 15.9 Å². The molecule has 3 rings (SSSR count). The van der Waals surface area contributed by atoms with Crippen LogP contribution in [0.25, 0.3) is 0 Å². The first kappa shape index (κ1) is 19.4. The second-order valence-corrected chi connectivity index (χ2v) is 8.90. The highest BCUT2D eigenvalue weighted by molar-refractivity contribution is 7.92. The van der Waals surface area contributed by atoms with Crippen molar-refractivity contribution < 1.29 is 17.6 Å². The number of carbonyl (C=O) groups is 1. The predicted molar refractivity (Wildman–Crippen MR) is 103 cm³/mol. The number of anilines is 1. The monoisotopic (exact) mass is 390 g/mol. The minimum atomic E-state index is -3.87. The maximum Gasteiger partial charge on any atom is 0.264 e. The van der Waals surface area contributed by atoms with E-state index >= 15 is 0 Å². The molecular formula is C20H23FN2O3S. The molecule has 1 amide bonds. The van der Waals surface area contributed by atoms with Gasteiger partial charge in [-0.25, -0.2) is 12.8 Å². The summed E-state index contributed by atoms with van der Waals surface area (Å²) in [5.41, 5.74) is 1.33. The molecule has 0 unspecified atom stereocenters. The van der Waals surface area contributed by atoms with Gasteiger partial charge >= 0.3 is 0 Å². The lowest BCUT2D eigenvalue weighted by atomic mass is 10.1. The van der Waals surface area contributed by atoms with Crippen molar-refractivity contribution in [3.63, 3.8) is 0 Å². The number of hydrogen-bond donors (Lipinski definition) is 1. The van der Waals surface area contributed by atoms with E-state index in [2.05, 4.69) is 5.32 Å². The molecule has 1 aliphatic heterocycles. The topological polar surface area (TPSA) is 66.5 Å². The van der Waals surface area contributed by atoms with Crippen LogP contribution in [0.1, 0.15) is 36.2 Å². The maximum atomic E-state index is 14.1. The zero-order chi connectivity index (χ0) is 19.6. The largest absolute Gasteiger partial charge is 0.352 e. The van der Waals surface area contributed by atoms with Crippen LogP contribution < -0.4 is 9.62 Å². The Kier molecular flexibility index (Phi) is 5.51. The molecule has 1 heterocycles. The van der Waals surface area contributed by atoms with E-state index in [1.54, 1.807) is 12.1 Å². The number of rotatable bonds is 6. The van der Waals surface area contributed by atoms with Crippen molar-refractivity contribution in [2.24, 2.45) is 5.92 Å². The fourth-order valence-electron chi connectivity index (χ4n) is 3.09. The van der Waals surface area contributed by atoms with Gasteiger partial charge < -0.3 is 5.32 Å². The summed E-state index contributed by atoms with van der Waals surface area (Å²) in [4.78, 5) is 12.2. The Morgan fingerprint density at radius 3 is 2.70 bits per heavy atom. The lowest BCUT2D eigenvalue weighted by molar-refractivity contribution is 0.0947. The fraction of sp³-hybridized carbons (Fsp3) is 0.350. The van der Waals surface area contributed by atoms with E-state index in [4.69, 9.17) is 0 Å². The van der Waals surface area contributed by atoms with Gasteiger partial charge in [0.2, 0.25) is 0 Å². The molecule has 27 heavy (non-hydrogen) atoms. The molecule has 2 aromatic carbocycles. The highest BCUT2D eigenvalue weighted by Crippen LogP contribution is 2.33. The Morgan fingerprint density at radius 2 is 1.96 bits per heavy atom. The average Bonchev–Trinajstić information content (AvgIpc) is 3.06. The molecule has 0 saturated heterocycles. The van der Waals surface area contributed by atoms with Crippen LogP contribution >= 0.6 is 0 Å². The molecule has 5 nitrogen and oxygen atoms in total. The van der Waals surface area contributed by atoms with Gasteiger partial charge in [-0.1, -0.05) is 32.0 Å². The maximum absolute atomic E-state index is 14.1. The standard InChI is InChI=1S/C20H23FN2O3S/c1-14(2)9-11-22-20(24)17-13-16(7-8-18(17)21)27(25,26)23-12-10-15-5-3-4-6-19(15)23/h3-8,13-14H,9-12H2,1-2H3,(H,22,24). The quantitative estimate of drug-likeness (QED) is 0.823. The summed E-state index contributed by atoms with van der Waals surface area (Å²) in [5.74, 6) is -0.943. The molecular weight excluding hydrogens is 367 g/mol. The highest BCUT2D eigenvalue weighted by atomic mass is 32.2. The number of amides is 1. The van der Waals surface area contributed by atoms with Crippen molar-refractivity contribution in [3.8, 4) is 0 Å². The van der Waals surface area contributed by atoms with Gasteiger partial charge in [-0.2, -0.15) is 0 Å². The van der Waals surface area contributed by atoms with Crippen LogP contribution in [0.4, 0.5) is 10.1 Å². The van der Waals surface area contributed by atoms with Gasteiger partial charge in [-0.05, 0) is 48.6 Å². The van der Waals surface area contributed by atoms with E-state index in [0.717, 1.165) is 24.1 Å². The molecule has 0 atom stereocenters. The number of fused-ring (bicyclic) bond motifs is 1. The molecule has 1 N–H and O–H groups in total. The number of hydrogen-bond acceptors (Lipinski definition) is 3. The molecule has 2 aromatic rings. The number of benzene rings is 2. The minimum absolute atomic E-state index is 0.0883. The van der Waals surface area contributed by atoms with E-state index in [9.17, 15) is 17.6 Å². The molecule has 0 saturated carbocycles. The summed E-state index contributed by atoms with van der Waals surface area (Å²) in [7, 11) is -3.87. The van der Waals surface area contributed by atoms with Crippen molar-refractivity contribution in [1.82, 2.24) is 5.32 Å². The first-order chi connectivity index (χ1) is 12.8. The van der Waals surface area contributed by atoms with E-state index in [-0.39, 0.29) is 10.5 Å². The highest BCUT2D eigenvalue weighted by Gasteiger charge is 2.31. The van der Waals surface area contributed by atoms with Crippen LogP contribution in [0.2, 0.25) is 0 Å². The summed E-state index contributed by atoms with van der Waals surface area (Å²) >= 11 is 0. The number of para-hydroxylation sites is 1. The molecule has 0 fully saturated rings. The smallest absolute Gasteiger partial charge is 0.264 e. The first-order valence-electron chi connectivity index (χ1n) is 8.99. The van der Waals surface area contributed by atoms with Gasteiger partial charge in [-0.15, -0.1) is 0 Å².